The van der Waals surface area contributed by atoms with Crippen molar-refractivity contribution in [1.82, 2.24) is 20.3 Å². The Balaban J connectivity index is 1.62. The van der Waals surface area contributed by atoms with Crippen LogP contribution < -0.4 is 10.2 Å². The first-order valence-corrected chi connectivity index (χ1v) is 9.26. The first-order valence-electron chi connectivity index (χ1n) is 8.39. The van der Waals surface area contributed by atoms with E-state index < -0.39 is 0 Å². The maximum absolute atomic E-state index is 12.2. The minimum Gasteiger partial charge on any atom is -0.359 e. The Morgan fingerprint density at radius 2 is 2.04 bits per heavy atom. The van der Waals surface area contributed by atoms with Gasteiger partial charge in [-0.25, -0.2) is 9.97 Å². The Hall–Kier alpha value is -2.80. The predicted molar refractivity (Wildman–Crippen MR) is 103 cm³/mol. The number of pyridine rings is 2. The van der Waals surface area contributed by atoms with Gasteiger partial charge in [-0.1, -0.05) is 12.1 Å². The van der Waals surface area contributed by atoms with Crippen LogP contribution in [0.5, 0.6) is 0 Å². The monoisotopic (exact) mass is 367 g/mol. The summed E-state index contributed by atoms with van der Waals surface area (Å²) in [4.78, 5) is 27.4. The molecule has 3 heterocycles. The summed E-state index contributed by atoms with van der Waals surface area (Å²) in [5.41, 5.74) is 2.47. The number of rotatable bonds is 7. The van der Waals surface area contributed by atoms with Gasteiger partial charge in [0.15, 0.2) is 0 Å². The van der Waals surface area contributed by atoms with Gasteiger partial charge in [0.2, 0.25) is 0 Å². The normalized spacial score (nSPS) is 10.5. The molecule has 1 N–H and O–H groups in total. The summed E-state index contributed by atoms with van der Waals surface area (Å²) in [6, 6.07) is 9.78. The van der Waals surface area contributed by atoms with E-state index in [1.807, 2.05) is 44.3 Å². The zero-order valence-electron chi connectivity index (χ0n) is 14.8. The van der Waals surface area contributed by atoms with Crippen LogP contribution in [0.25, 0.3) is 0 Å². The number of nitrogens with zero attached hydrogens (tertiary/aromatic N) is 4. The highest BCUT2D eigenvalue weighted by Crippen LogP contribution is 2.16. The third kappa shape index (κ3) is 4.64. The van der Waals surface area contributed by atoms with Crippen molar-refractivity contribution in [3.63, 3.8) is 0 Å². The van der Waals surface area contributed by atoms with Crippen LogP contribution in [0.3, 0.4) is 0 Å². The number of aromatic nitrogens is 3. The topological polar surface area (TPSA) is 71.0 Å². The van der Waals surface area contributed by atoms with Crippen LogP contribution in [-0.4, -0.2) is 34.5 Å². The molecule has 0 radical (unpaired) electrons. The lowest BCUT2D eigenvalue weighted by atomic mass is 10.2. The molecule has 26 heavy (non-hydrogen) atoms. The fourth-order valence-corrected chi connectivity index (χ4v) is 3.17. The van der Waals surface area contributed by atoms with Gasteiger partial charge in [0.1, 0.15) is 11.5 Å². The van der Waals surface area contributed by atoms with Crippen LogP contribution >= 0.6 is 11.3 Å². The number of anilines is 1. The van der Waals surface area contributed by atoms with E-state index in [2.05, 4.69) is 25.2 Å². The highest BCUT2D eigenvalue weighted by molar-refractivity contribution is 7.09. The third-order valence-electron chi connectivity index (χ3n) is 3.95. The summed E-state index contributed by atoms with van der Waals surface area (Å²) in [6.07, 6.45) is 4.40. The number of thiazole rings is 1. The van der Waals surface area contributed by atoms with Crippen molar-refractivity contribution in [2.24, 2.45) is 0 Å². The van der Waals surface area contributed by atoms with Gasteiger partial charge < -0.3 is 10.2 Å². The summed E-state index contributed by atoms with van der Waals surface area (Å²) in [6.45, 7) is 3.09. The van der Waals surface area contributed by atoms with E-state index in [0.717, 1.165) is 35.0 Å². The van der Waals surface area contributed by atoms with E-state index in [1.54, 1.807) is 17.8 Å². The predicted octanol–water partition coefficient (Wildman–Crippen LogP) is 2.85. The van der Waals surface area contributed by atoms with Crippen molar-refractivity contribution in [3.05, 3.63) is 70.1 Å². The Kier molecular flexibility index (Phi) is 5.91. The second kappa shape index (κ2) is 8.53. The fourth-order valence-electron chi connectivity index (χ4n) is 2.58. The second-order valence-electron chi connectivity index (χ2n) is 5.91. The highest BCUT2D eigenvalue weighted by Gasteiger charge is 2.12. The Bertz CT molecular complexity index is 865. The van der Waals surface area contributed by atoms with E-state index in [0.29, 0.717) is 12.2 Å². The molecule has 0 aromatic carbocycles. The van der Waals surface area contributed by atoms with Crippen LogP contribution in [0.4, 0.5) is 5.82 Å². The number of nitrogens with one attached hydrogen (secondary N) is 1. The van der Waals surface area contributed by atoms with Crippen LogP contribution in [-0.2, 0) is 13.0 Å². The average Bonchev–Trinajstić information content (AvgIpc) is 3.12. The van der Waals surface area contributed by atoms with E-state index >= 15 is 0 Å². The number of carbonyl (C=O) groups is 1. The molecule has 0 saturated heterocycles. The molecular weight excluding hydrogens is 346 g/mol. The Morgan fingerprint density at radius 1 is 1.19 bits per heavy atom. The molecule has 0 saturated carbocycles. The standard InChI is InChI=1S/C19H21N5OS/c1-14-23-17(13-26-14)19(25)22-12-15-6-5-10-21-18(15)24(2)11-8-16-7-3-4-9-20-16/h3-7,9-10,13H,8,11-12H2,1-2H3,(H,22,25). The smallest absolute Gasteiger partial charge is 0.271 e. The quantitative estimate of drug-likeness (QED) is 0.695. The molecule has 3 aromatic heterocycles. The molecule has 0 aliphatic rings. The number of aryl methyl sites for hydroxylation is 1. The number of carbonyl (C=O) groups excluding carboxylic acids is 1. The number of hydrogen-bond donors (Lipinski definition) is 1. The molecule has 6 nitrogen and oxygen atoms in total. The van der Waals surface area contributed by atoms with Crippen molar-refractivity contribution in [3.8, 4) is 0 Å². The maximum Gasteiger partial charge on any atom is 0.271 e. The molecule has 134 valence electrons. The van der Waals surface area contributed by atoms with Gasteiger partial charge in [0, 0.05) is 55.6 Å². The lowest BCUT2D eigenvalue weighted by molar-refractivity contribution is 0.0946. The highest BCUT2D eigenvalue weighted by atomic mass is 32.1. The molecule has 0 atom stereocenters. The molecule has 0 bridgehead atoms. The van der Waals surface area contributed by atoms with Crippen LogP contribution in [0.15, 0.2) is 48.1 Å². The van der Waals surface area contributed by atoms with Gasteiger partial charge in [-0.3, -0.25) is 9.78 Å². The van der Waals surface area contributed by atoms with Crippen molar-refractivity contribution in [1.29, 1.82) is 0 Å². The summed E-state index contributed by atoms with van der Waals surface area (Å²) < 4.78 is 0. The minimum absolute atomic E-state index is 0.166. The molecule has 3 rings (SSSR count). The third-order valence-corrected chi connectivity index (χ3v) is 4.72. The zero-order valence-corrected chi connectivity index (χ0v) is 15.7. The molecule has 0 fully saturated rings. The van der Waals surface area contributed by atoms with Gasteiger partial charge >= 0.3 is 0 Å². The van der Waals surface area contributed by atoms with Gasteiger partial charge in [-0.15, -0.1) is 11.3 Å². The fraction of sp³-hybridized carbons (Fsp3) is 0.263. The van der Waals surface area contributed by atoms with Gasteiger partial charge in [-0.2, -0.15) is 0 Å². The molecule has 0 spiro atoms. The lowest BCUT2D eigenvalue weighted by Crippen LogP contribution is -2.27. The molecule has 7 heteroatoms. The number of likely N-dealkylation sites (N-methyl/N-ethyl adjacent to an activating group) is 1. The van der Waals surface area contributed by atoms with Gasteiger partial charge in [-0.05, 0) is 25.1 Å². The SMILES string of the molecule is Cc1nc(C(=O)NCc2cccnc2N(C)CCc2ccccn2)cs1. The largest absolute Gasteiger partial charge is 0.359 e. The zero-order chi connectivity index (χ0) is 18.4. The summed E-state index contributed by atoms with van der Waals surface area (Å²) in [5, 5.41) is 5.58. The van der Waals surface area contributed by atoms with Crippen LogP contribution in [0.2, 0.25) is 0 Å². The molecule has 1 amide bonds. The van der Waals surface area contributed by atoms with Crippen molar-refractivity contribution in [2.75, 3.05) is 18.5 Å². The van der Waals surface area contributed by atoms with Crippen molar-refractivity contribution >= 4 is 23.1 Å². The molecule has 3 aromatic rings. The molecule has 0 aliphatic heterocycles. The van der Waals surface area contributed by atoms with Crippen LogP contribution in [0, 0.1) is 6.92 Å². The molecule has 0 unspecified atom stereocenters. The average molecular weight is 367 g/mol. The number of amides is 1. The first-order chi connectivity index (χ1) is 12.6. The van der Waals surface area contributed by atoms with E-state index in [1.165, 1.54) is 11.3 Å². The second-order valence-corrected chi connectivity index (χ2v) is 6.98. The Morgan fingerprint density at radius 3 is 2.77 bits per heavy atom. The van der Waals surface area contributed by atoms with E-state index in [-0.39, 0.29) is 5.91 Å². The first kappa shape index (κ1) is 18.0. The lowest BCUT2D eigenvalue weighted by Gasteiger charge is -2.21. The summed E-state index contributed by atoms with van der Waals surface area (Å²) in [7, 11) is 2.00. The maximum atomic E-state index is 12.2. The van der Waals surface area contributed by atoms with Crippen molar-refractivity contribution < 1.29 is 4.79 Å². The van der Waals surface area contributed by atoms with Crippen molar-refractivity contribution in [2.45, 2.75) is 19.9 Å². The van der Waals surface area contributed by atoms with Gasteiger partial charge in [0.25, 0.3) is 5.91 Å². The summed E-state index contributed by atoms with van der Waals surface area (Å²) in [5.74, 6) is 0.693. The Labute approximate surface area is 157 Å². The minimum atomic E-state index is -0.166. The van der Waals surface area contributed by atoms with Gasteiger partial charge in [0.05, 0.1) is 5.01 Å². The van der Waals surface area contributed by atoms with E-state index in [9.17, 15) is 4.79 Å². The molecular formula is C19H21N5OS. The number of hydrogen-bond acceptors (Lipinski definition) is 6. The summed E-state index contributed by atoms with van der Waals surface area (Å²) >= 11 is 1.47. The van der Waals surface area contributed by atoms with Crippen LogP contribution in [0.1, 0.15) is 26.8 Å². The van der Waals surface area contributed by atoms with E-state index in [4.69, 9.17) is 0 Å². The molecule has 0 aliphatic carbocycles.